The first-order valence-electron chi connectivity index (χ1n) is 8.98. The van der Waals surface area contributed by atoms with E-state index in [9.17, 15) is 9.18 Å². The van der Waals surface area contributed by atoms with Crippen LogP contribution >= 0.6 is 11.6 Å². The summed E-state index contributed by atoms with van der Waals surface area (Å²) in [6.07, 6.45) is 3.88. The maximum atomic E-state index is 14.9. The van der Waals surface area contributed by atoms with Gasteiger partial charge in [0, 0.05) is 12.8 Å². The summed E-state index contributed by atoms with van der Waals surface area (Å²) in [5.41, 5.74) is 2.37. The third-order valence-corrected chi connectivity index (χ3v) is 5.40. The van der Waals surface area contributed by atoms with E-state index >= 15 is 0 Å². The van der Waals surface area contributed by atoms with Gasteiger partial charge in [-0.05, 0) is 55.0 Å². The molecule has 2 aromatic rings. The molecule has 1 saturated heterocycles. The number of aromatic nitrogens is 1. The van der Waals surface area contributed by atoms with E-state index in [1.54, 1.807) is 30.2 Å². The van der Waals surface area contributed by atoms with Crippen molar-refractivity contribution in [3.05, 3.63) is 57.6 Å². The highest BCUT2D eigenvalue weighted by atomic mass is 35.5. The summed E-state index contributed by atoms with van der Waals surface area (Å²) in [6, 6.07) is 5.24. The molecule has 4 rings (SSSR count). The Labute approximate surface area is 162 Å². The molecule has 0 bridgehead atoms. The predicted octanol–water partition coefficient (Wildman–Crippen LogP) is 3.74. The highest BCUT2D eigenvalue weighted by Crippen LogP contribution is 2.34. The van der Waals surface area contributed by atoms with Crippen molar-refractivity contribution in [2.75, 3.05) is 19.9 Å². The second kappa shape index (κ2) is 7.44. The third kappa shape index (κ3) is 3.51. The molecule has 0 aliphatic carbocycles. The first-order valence-corrected chi connectivity index (χ1v) is 9.36. The minimum Gasteiger partial charge on any atom is -0.469 e. The average Bonchev–Trinajstić information content (AvgIpc) is 2.69. The molecule has 142 valence electrons. The zero-order chi connectivity index (χ0) is 19.0. The van der Waals surface area contributed by atoms with E-state index in [-0.39, 0.29) is 30.0 Å². The fourth-order valence-corrected chi connectivity index (χ4v) is 3.69. The molecule has 0 saturated carbocycles. The van der Waals surface area contributed by atoms with Crippen molar-refractivity contribution < 1.29 is 18.7 Å². The monoisotopic (exact) mass is 390 g/mol. The Balaban J connectivity index is 1.66. The van der Waals surface area contributed by atoms with Crippen molar-refractivity contribution in [3.8, 4) is 5.75 Å². The van der Waals surface area contributed by atoms with Gasteiger partial charge < -0.3 is 9.47 Å². The van der Waals surface area contributed by atoms with Crippen molar-refractivity contribution in [1.82, 2.24) is 9.88 Å². The van der Waals surface area contributed by atoms with Crippen LogP contribution < -0.4 is 4.74 Å². The van der Waals surface area contributed by atoms with Gasteiger partial charge in [-0.15, -0.1) is 0 Å². The average molecular weight is 391 g/mol. The molecule has 1 fully saturated rings. The molecule has 0 unspecified atom stereocenters. The molecule has 5 nitrogen and oxygen atoms in total. The standard InChI is InChI=1S/C20H20ClFN2O3/c1-12-14(7-13-4-5-17(21)23-9-13)8-16-19(18(12)22)27-11-24(20(16)25)15-3-2-6-26-10-15/h4-5,8-9,15H,2-3,6-7,10-11H2,1H3/t15-/m1/s1. The number of nitrogens with zero attached hydrogens (tertiary/aromatic N) is 2. The Kier molecular flexibility index (Phi) is 5.02. The summed E-state index contributed by atoms with van der Waals surface area (Å²) in [5.74, 6) is -0.637. The van der Waals surface area contributed by atoms with Gasteiger partial charge in [-0.25, -0.2) is 9.37 Å². The third-order valence-electron chi connectivity index (χ3n) is 5.17. The number of benzene rings is 1. The van der Waals surface area contributed by atoms with Gasteiger partial charge in [0.2, 0.25) is 0 Å². The molecule has 0 radical (unpaired) electrons. The zero-order valence-electron chi connectivity index (χ0n) is 15.0. The predicted molar refractivity (Wildman–Crippen MR) is 98.7 cm³/mol. The number of pyridine rings is 1. The second-order valence-electron chi connectivity index (χ2n) is 6.94. The summed E-state index contributed by atoms with van der Waals surface area (Å²) in [6.45, 7) is 2.95. The van der Waals surface area contributed by atoms with E-state index in [4.69, 9.17) is 21.1 Å². The first-order chi connectivity index (χ1) is 13.0. The summed E-state index contributed by atoms with van der Waals surface area (Å²) in [4.78, 5) is 18.7. The Morgan fingerprint density at radius 2 is 2.26 bits per heavy atom. The molecular weight excluding hydrogens is 371 g/mol. The topological polar surface area (TPSA) is 51.7 Å². The lowest BCUT2D eigenvalue weighted by molar-refractivity contribution is -0.0108. The van der Waals surface area contributed by atoms with Crippen LogP contribution in [0.25, 0.3) is 0 Å². The quantitative estimate of drug-likeness (QED) is 0.749. The second-order valence-corrected chi connectivity index (χ2v) is 7.32. The van der Waals surface area contributed by atoms with Crippen molar-refractivity contribution >= 4 is 17.5 Å². The van der Waals surface area contributed by atoms with Gasteiger partial charge in [-0.2, -0.15) is 0 Å². The molecule has 0 N–H and O–H groups in total. The van der Waals surface area contributed by atoms with E-state index in [2.05, 4.69) is 4.98 Å². The summed E-state index contributed by atoms with van der Waals surface area (Å²) in [5, 5.41) is 0.404. The number of fused-ring (bicyclic) bond motifs is 1. The van der Waals surface area contributed by atoms with E-state index < -0.39 is 5.82 Å². The van der Waals surface area contributed by atoms with Gasteiger partial charge in [-0.1, -0.05) is 17.7 Å². The molecule has 1 amide bonds. The minimum absolute atomic E-state index is 0.0346. The molecule has 2 aliphatic rings. The number of carbonyl (C=O) groups excluding carboxylic acids is 1. The van der Waals surface area contributed by atoms with E-state index in [0.717, 1.165) is 24.0 Å². The van der Waals surface area contributed by atoms with Crippen LogP contribution in [0.1, 0.15) is 39.9 Å². The van der Waals surface area contributed by atoms with Crippen molar-refractivity contribution in [1.29, 1.82) is 0 Å². The minimum atomic E-state index is -0.475. The van der Waals surface area contributed by atoms with E-state index in [1.807, 2.05) is 6.07 Å². The molecule has 1 aromatic heterocycles. The lowest BCUT2D eigenvalue weighted by atomic mass is 9.96. The SMILES string of the molecule is Cc1c(Cc2ccc(Cl)nc2)cc2c(c1F)OCN([C@@H]1CCCOC1)C2=O. The fourth-order valence-electron chi connectivity index (χ4n) is 3.58. The molecule has 7 heteroatoms. The van der Waals surface area contributed by atoms with Gasteiger partial charge in [-0.3, -0.25) is 9.69 Å². The van der Waals surface area contributed by atoms with Gasteiger partial charge in [0.15, 0.2) is 18.3 Å². The Bertz CT molecular complexity index is 867. The van der Waals surface area contributed by atoms with Gasteiger partial charge >= 0.3 is 0 Å². The molecule has 2 aliphatic heterocycles. The van der Waals surface area contributed by atoms with Crippen LogP contribution in [0.3, 0.4) is 0 Å². The van der Waals surface area contributed by atoms with E-state index in [1.165, 1.54) is 0 Å². The molecule has 3 heterocycles. The smallest absolute Gasteiger partial charge is 0.260 e. The number of ether oxygens (including phenoxy) is 2. The van der Waals surface area contributed by atoms with Crippen LogP contribution in [0.15, 0.2) is 24.4 Å². The number of carbonyl (C=O) groups is 1. The van der Waals surface area contributed by atoms with Crippen molar-refractivity contribution in [2.45, 2.75) is 32.2 Å². The lowest BCUT2D eigenvalue weighted by Crippen LogP contribution is -2.49. The van der Waals surface area contributed by atoms with Gasteiger partial charge in [0.1, 0.15) is 5.15 Å². The molecule has 27 heavy (non-hydrogen) atoms. The van der Waals surface area contributed by atoms with Gasteiger partial charge in [0.25, 0.3) is 5.91 Å². The molecule has 0 spiro atoms. The highest BCUT2D eigenvalue weighted by molar-refractivity contribution is 6.29. The first kappa shape index (κ1) is 18.2. The normalized spacial score (nSPS) is 19.6. The summed E-state index contributed by atoms with van der Waals surface area (Å²) < 4.78 is 26.0. The van der Waals surface area contributed by atoms with Crippen LogP contribution in [0, 0.1) is 12.7 Å². The van der Waals surface area contributed by atoms with E-state index in [0.29, 0.717) is 30.4 Å². The number of rotatable bonds is 3. The number of amides is 1. The number of halogens is 2. The van der Waals surface area contributed by atoms with Crippen LogP contribution in [-0.4, -0.2) is 41.8 Å². The number of hydrogen-bond acceptors (Lipinski definition) is 4. The van der Waals surface area contributed by atoms with Crippen molar-refractivity contribution in [2.24, 2.45) is 0 Å². The van der Waals surface area contributed by atoms with Crippen LogP contribution in [0.4, 0.5) is 4.39 Å². The Morgan fingerprint density at radius 1 is 1.41 bits per heavy atom. The maximum Gasteiger partial charge on any atom is 0.260 e. The van der Waals surface area contributed by atoms with Crippen LogP contribution in [0.2, 0.25) is 5.15 Å². The maximum absolute atomic E-state index is 14.9. The summed E-state index contributed by atoms with van der Waals surface area (Å²) in [7, 11) is 0. The fraction of sp³-hybridized carbons (Fsp3) is 0.400. The molecule has 1 atom stereocenters. The Hall–Kier alpha value is -2.18. The largest absolute Gasteiger partial charge is 0.469 e. The van der Waals surface area contributed by atoms with Crippen molar-refractivity contribution in [3.63, 3.8) is 0 Å². The molecular formula is C20H20ClFN2O3. The lowest BCUT2D eigenvalue weighted by Gasteiger charge is -2.37. The zero-order valence-corrected chi connectivity index (χ0v) is 15.8. The summed E-state index contributed by atoms with van der Waals surface area (Å²) >= 11 is 5.83. The van der Waals surface area contributed by atoms with Crippen LogP contribution in [-0.2, 0) is 11.2 Å². The Morgan fingerprint density at radius 3 is 2.96 bits per heavy atom. The van der Waals surface area contributed by atoms with Gasteiger partial charge in [0.05, 0.1) is 18.2 Å². The molecule has 1 aromatic carbocycles. The number of hydrogen-bond donors (Lipinski definition) is 0. The highest BCUT2D eigenvalue weighted by Gasteiger charge is 2.35. The van der Waals surface area contributed by atoms with Crippen LogP contribution in [0.5, 0.6) is 5.75 Å².